The first-order valence-electron chi connectivity index (χ1n) is 23.4. The normalized spacial score (nSPS) is 29.7. The Morgan fingerprint density at radius 1 is 0.970 bits per heavy atom. The highest BCUT2D eigenvalue weighted by atomic mass is 16.7. The van der Waals surface area contributed by atoms with Crippen molar-refractivity contribution >= 4 is 56.3 Å². The Balaban J connectivity index is 1.38. The number of hydrogen-bond donors (Lipinski definition) is 3. The van der Waals surface area contributed by atoms with E-state index in [1.807, 2.05) is 34.6 Å². The fraction of sp³-hybridized carbons (Fsp3) is 0.519. The monoisotopic (exact) mass is 923 g/mol. The van der Waals surface area contributed by atoms with Crippen LogP contribution in [0.25, 0.3) is 33.0 Å². The largest absolute Gasteiger partial charge is 0.505 e. The van der Waals surface area contributed by atoms with Crippen LogP contribution in [-0.4, -0.2) is 95.2 Å². The van der Waals surface area contributed by atoms with E-state index in [1.165, 1.54) is 47.0 Å². The van der Waals surface area contributed by atoms with Gasteiger partial charge in [0.05, 0.1) is 29.4 Å². The van der Waals surface area contributed by atoms with Gasteiger partial charge in [-0.25, -0.2) is 4.98 Å². The van der Waals surface area contributed by atoms with Gasteiger partial charge in [-0.3, -0.25) is 24.1 Å². The van der Waals surface area contributed by atoms with E-state index in [9.17, 15) is 29.4 Å². The number of carbonyl (C=O) groups excluding carboxylic acids is 3. The summed E-state index contributed by atoms with van der Waals surface area (Å²) >= 11 is 0. The average Bonchev–Trinajstić information content (AvgIpc) is 3.42. The fourth-order valence-electron chi connectivity index (χ4n) is 9.74. The number of benzene rings is 3. The molecule has 3 aliphatic heterocycles. The molecule has 1 fully saturated rings. The van der Waals surface area contributed by atoms with Gasteiger partial charge >= 0.3 is 11.8 Å². The lowest BCUT2D eigenvalue weighted by molar-refractivity contribution is -0.157. The molecule has 1 aromatic heterocycles. The van der Waals surface area contributed by atoms with Gasteiger partial charge in [0.2, 0.25) is 0 Å². The Labute approximate surface area is 391 Å². The number of rotatable bonds is 6. The number of allylic oxidation sites excluding steroid dienone is 2. The number of phenolic OH excluding ortho intramolecular Hbond substituents is 1. The van der Waals surface area contributed by atoms with Crippen molar-refractivity contribution in [2.75, 3.05) is 38.7 Å². The number of nitrogens with zero attached hydrogens (tertiary/aromatic N) is 2. The van der Waals surface area contributed by atoms with Crippen LogP contribution in [-0.2, 0) is 23.8 Å². The van der Waals surface area contributed by atoms with Crippen LogP contribution in [0, 0.1) is 36.5 Å². The molecule has 1 saturated heterocycles. The van der Waals surface area contributed by atoms with Crippen LogP contribution in [0.1, 0.15) is 97.0 Å². The third kappa shape index (κ3) is 9.82. The number of esters is 1. The molecule has 4 aromatic rings. The number of carbonyl (C=O) groups is 3. The molecule has 3 N–H and O–H groups in total. The van der Waals surface area contributed by atoms with E-state index in [0.29, 0.717) is 17.9 Å². The molecule has 15 nitrogen and oxygen atoms in total. The quantitative estimate of drug-likeness (QED) is 0.0720. The zero-order valence-electron chi connectivity index (χ0n) is 40.3. The molecule has 9 atom stereocenters. The summed E-state index contributed by atoms with van der Waals surface area (Å²) in [5.74, 6) is -5.36. The Morgan fingerprint density at radius 3 is 2.37 bits per heavy atom. The third-order valence-electron chi connectivity index (χ3n) is 14.3. The molecular formula is C52H65N3O12. The number of aliphatic hydroxyl groups excluding tert-OH is 1. The van der Waals surface area contributed by atoms with Crippen LogP contribution < -0.4 is 20.2 Å². The van der Waals surface area contributed by atoms with E-state index < -0.39 is 58.9 Å². The summed E-state index contributed by atoms with van der Waals surface area (Å²) in [6, 6.07) is 5.14. The molecule has 3 aliphatic rings. The molecule has 360 valence electrons. The first-order chi connectivity index (χ1) is 31.9. The molecule has 7 rings (SSSR count). The smallest absolute Gasteiger partial charge is 0.312 e. The van der Waals surface area contributed by atoms with Crippen molar-refractivity contribution in [2.24, 2.45) is 29.6 Å². The lowest BCUT2D eigenvalue weighted by atomic mass is 9.73. The predicted octanol–water partition coefficient (Wildman–Crippen LogP) is 8.53. The summed E-state index contributed by atoms with van der Waals surface area (Å²) in [6.07, 6.45) is 10.6. The molecule has 4 heterocycles. The van der Waals surface area contributed by atoms with Crippen LogP contribution in [0.15, 0.2) is 63.6 Å². The standard InChI is InChI=1S/C52H65N3O12/c1-27-16-15-17-28(2)51(61)54-43-46(59)40-39(42-49(43)66-38-26-35(18-19-36(38)53-42)63-25-23-55-21-13-11-12-14-22-55)41-48(33(7)45(40)58)67-52(9,50(41)60)64-24-20-37(62-10)32(6)47(65-34(8)56)31(5)29(3)30(4)44(27)57/h15-20,24,26-27,29-32,37,44,47,57,59H,11-14,21-23,25H2,1-10H3,(H,54,61)/b16-15+,24-20+,28-17-/t27-,29+,30-,31+,32+,37-,44-,47-,52-/m0/s1. The summed E-state index contributed by atoms with van der Waals surface area (Å²) < 4.78 is 37.0. The highest BCUT2D eigenvalue weighted by molar-refractivity contribution is 6.26. The number of anilines is 1. The van der Waals surface area contributed by atoms with E-state index in [2.05, 4.69) is 10.2 Å². The summed E-state index contributed by atoms with van der Waals surface area (Å²) in [7, 11) is 1.51. The number of fused-ring (bicyclic) bond motifs is 2. The maximum atomic E-state index is 14.8. The van der Waals surface area contributed by atoms with Crippen LogP contribution in [0.2, 0.25) is 0 Å². The molecule has 3 aromatic carbocycles. The summed E-state index contributed by atoms with van der Waals surface area (Å²) in [5.41, 5.74) is -0.191. The number of amides is 1. The molecule has 0 unspecified atom stereocenters. The second-order valence-corrected chi connectivity index (χ2v) is 18.8. The van der Waals surface area contributed by atoms with Crippen LogP contribution >= 0.6 is 0 Å². The van der Waals surface area contributed by atoms with Gasteiger partial charge in [-0.2, -0.15) is 0 Å². The van der Waals surface area contributed by atoms with Crippen molar-refractivity contribution in [1.82, 2.24) is 9.88 Å². The number of nitrogens with one attached hydrogen (secondary N) is 1. The number of ketones is 1. The van der Waals surface area contributed by atoms with Crippen LogP contribution in [0.3, 0.4) is 0 Å². The fourth-order valence-corrected chi connectivity index (χ4v) is 9.74. The minimum atomic E-state index is -2.00. The van der Waals surface area contributed by atoms with Crippen molar-refractivity contribution in [3.05, 3.63) is 75.7 Å². The SMILES string of the molecule is CO[C@H]1/C=C/O[C@@]2(C)Oc3c(C)c(=O)c4c(O)c(c5oc6cc(OCCN7CCCCCC7)ccc6nc5c4c3C2=O)NC(=O)/C(C)=C\C=C\[C@H](C)[C@H](O)[C@@H](C)[C@@H](C)[C@@H](C)[C@H](OC(C)=O)[C@@H]1C. The van der Waals surface area contributed by atoms with Crippen molar-refractivity contribution < 1.29 is 52.7 Å². The third-order valence-corrected chi connectivity index (χ3v) is 14.3. The first kappa shape index (κ1) is 49.1. The number of phenols is 1. The summed E-state index contributed by atoms with van der Waals surface area (Å²) in [6.45, 7) is 18.8. The predicted molar refractivity (Wildman–Crippen MR) is 255 cm³/mol. The molecule has 0 saturated carbocycles. The van der Waals surface area contributed by atoms with Gasteiger partial charge in [-0.05, 0) is 75.7 Å². The Morgan fingerprint density at radius 2 is 1.69 bits per heavy atom. The number of aromatic nitrogens is 1. The number of likely N-dealkylation sites (tertiary alicyclic amines) is 1. The zero-order chi connectivity index (χ0) is 48.5. The van der Waals surface area contributed by atoms with E-state index in [0.717, 1.165) is 32.5 Å². The van der Waals surface area contributed by atoms with Gasteiger partial charge in [0.15, 0.2) is 22.3 Å². The van der Waals surface area contributed by atoms with E-state index in [-0.39, 0.29) is 79.3 Å². The van der Waals surface area contributed by atoms with E-state index in [1.54, 1.807) is 49.4 Å². The molecular weight excluding hydrogens is 859 g/mol. The Hall–Kier alpha value is -5.77. The second kappa shape index (κ2) is 20.2. The zero-order valence-corrected chi connectivity index (χ0v) is 40.3. The number of aliphatic hydroxyl groups is 1. The molecule has 0 aliphatic carbocycles. The van der Waals surface area contributed by atoms with Gasteiger partial charge in [-0.15, -0.1) is 0 Å². The van der Waals surface area contributed by atoms with Crippen molar-refractivity contribution in [2.45, 2.75) is 112 Å². The molecule has 0 radical (unpaired) electrons. The van der Waals surface area contributed by atoms with Gasteiger partial charge in [0, 0.05) is 61.9 Å². The number of ether oxygens (including phenoxy) is 5. The maximum Gasteiger partial charge on any atom is 0.312 e. The highest BCUT2D eigenvalue weighted by Gasteiger charge is 2.49. The average molecular weight is 924 g/mol. The van der Waals surface area contributed by atoms with Gasteiger partial charge in [0.1, 0.15) is 40.9 Å². The van der Waals surface area contributed by atoms with Crippen molar-refractivity contribution in [1.29, 1.82) is 0 Å². The second-order valence-electron chi connectivity index (χ2n) is 18.8. The van der Waals surface area contributed by atoms with E-state index >= 15 is 0 Å². The maximum absolute atomic E-state index is 14.8. The lowest BCUT2D eigenvalue weighted by Gasteiger charge is -2.39. The molecule has 15 heteroatoms. The topological polar surface area (TPSA) is 196 Å². The minimum Gasteiger partial charge on any atom is -0.505 e. The Bertz CT molecular complexity index is 2700. The van der Waals surface area contributed by atoms with Gasteiger partial charge < -0.3 is 43.6 Å². The van der Waals surface area contributed by atoms with Crippen molar-refractivity contribution in [3.63, 3.8) is 0 Å². The Kier molecular flexibility index (Phi) is 14.8. The molecule has 67 heavy (non-hydrogen) atoms. The minimum absolute atomic E-state index is 0.0107. The van der Waals surface area contributed by atoms with Gasteiger partial charge in [0.25, 0.3) is 11.7 Å². The molecule has 4 bridgehead atoms. The number of hydrogen-bond acceptors (Lipinski definition) is 14. The number of Topliss-reactive ketones (excluding diaryl/α,β-unsaturated/α-hetero) is 1. The summed E-state index contributed by atoms with van der Waals surface area (Å²) in [4.78, 5) is 63.1. The van der Waals surface area contributed by atoms with Gasteiger partial charge in [-0.1, -0.05) is 65.7 Å². The summed E-state index contributed by atoms with van der Waals surface area (Å²) in [5, 5.41) is 26.2. The van der Waals surface area contributed by atoms with Crippen molar-refractivity contribution in [3.8, 4) is 17.2 Å². The number of methoxy groups -OCH3 is 1. The number of aromatic hydroxyl groups is 1. The molecule has 0 spiro atoms. The molecule has 1 amide bonds. The van der Waals surface area contributed by atoms with Crippen LogP contribution in [0.5, 0.6) is 17.2 Å². The highest BCUT2D eigenvalue weighted by Crippen LogP contribution is 2.48. The first-order valence-corrected chi connectivity index (χ1v) is 23.4. The van der Waals surface area contributed by atoms with E-state index in [4.69, 9.17) is 33.1 Å². The lowest BCUT2D eigenvalue weighted by Crippen LogP contribution is -2.43. The van der Waals surface area contributed by atoms with Crippen LogP contribution in [0.4, 0.5) is 5.69 Å².